The minimum atomic E-state index is -0.0126. The summed E-state index contributed by atoms with van der Waals surface area (Å²) >= 11 is 0. The highest BCUT2D eigenvalue weighted by molar-refractivity contribution is 5.91. The topological polar surface area (TPSA) is 34.9 Å². The Morgan fingerprint density at radius 1 is 1.40 bits per heavy atom. The molecule has 2 rings (SSSR count). The Labute approximate surface area is 88.4 Å². The maximum Gasteiger partial charge on any atom is 0.179 e. The molecule has 3 nitrogen and oxygen atoms in total. The van der Waals surface area contributed by atoms with E-state index in [1.54, 1.807) is 12.5 Å². The average molecular weight is 200 g/mol. The van der Waals surface area contributed by atoms with Crippen LogP contribution in [0.4, 0.5) is 0 Å². The molecule has 0 radical (unpaired) electrons. The van der Waals surface area contributed by atoms with Crippen molar-refractivity contribution < 1.29 is 4.79 Å². The summed E-state index contributed by atoms with van der Waals surface area (Å²) < 4.78 is 1.85. The van der Waals surface area contributed by atoms with Crippen molar-refractivity contribution in [1.29, 1.82) is 0 Å². The number of aromatic nitrogens is 2. The number of ketones is 1. The molecule has 3 heteroatoms. The van der Waals surface area contributed by atoms with Gasteiger partial charge in [0.05, 0.1) is 0 Å². The van der Waals surface area contributed by atoms with Crippen LogP contribution in [-0.2, 0) is 0 Å². The molecule has 0 aliphatic rings. The smallest absolute Gasteiger partial charge is 0.179 e. The Hall–Kier alpha value is -1.90. The molecule has 0 saturated heterocycles. The van der Waals surface area contributed by atoms with Crippen LogP contribution in [0.5, 0.6) is 0 Å². The summed E-state index contributed by atoms with van der Waals surface area (Å²) in [6.07, 6.45) is 3.41. The maximum atomic E-state index is 11.1. The Bertz CT molecular complexity index is 500. The van der Waals surface area contributed by atoms with Crippen LogP contribution in [0.2, 0.25) is 0 Å². The van der Waals surface area contributed by atoms with E-state index in [1.807, 2.05) is 35.8 Å². The van der Waals surface area contributed by atoms with Gasteiger partial charge in [0.25, 0.3) is 0 Å². The zero-order valence-electron chi connectivity index (χ0n) is 8.77. The first-order chi connectivity index (χ1) is 7.16. The minimum absolute atomic E-state index is 0.0126. The van der Waals surface area contributed by atoms with Crippen molar-refractivity contribution in [2.45, 2.75) is 13.8 Å². The van der Waals surface area contributed by atoms with Gasteiger partial charge in [-0.25, -0.2) is 4.98 Å². The molecule has 15 heavy (non-hydrogen) atoms. The fraction of sp³-hybridized carbons (Fsp3) is 0.167. The van der Waals surface area contributed by atoms with E-state index in [-0.39, 0.29) is 5.78 Å². The molecule has 0 saturated carbocycles. The van der Waals surface area contributed by atoms with Gasteiger partial charge < -0.3 is 4.57 Å². The fourth-order valence-corrected chi connectivity index (χ4v) is 1.43. The van der Waals surface area contributed by atoms with Crippen LogP contribution in [0.25, 0.3) is 5.69 Å². The first-order valence-corrected chi connectivity index (χ1v) is 4.79. The highest BCUT2D eigenvalue weighted by Crippen LogP contribution is 2.10. The lowest BCUT2D eigenvalue weighted by atomic mass is 10.2. The Kier molecular flexibility index (Phi) is 2.37. The van der Waals surface area contributed by atoms with Crippen molar-refractivity contribution in [1.82, 2.24) is 9.55 Å². The van der Waals surface area contributed by atoms with Gasteiger partial charge in [-0.3, -0.25) is 4.79 Å². The first kappa shape index (κ1) is 9.65. The number of hydrogen-bond acceptors (Lipinski definition) is 2. The molecule has 0 amide bonds. The van der Waals surface area contributed by atoms with Gasteiger partial charge in [-0.15, -0.1) is 0 Å². The Balaban J connectivity index is 2.41. The highest BCUT2D eigenvalue weighted by Gasteiger charge is 2.04. The summed E-state index contributed by atoms with van der Waals surface area (Å²) in [7, 11) is 0. The third-order valence-electron chi connectivity index (χ3n) is 2.24. The van der Waals surface area contributed by atoms with Gasteiger partial charge in [0.2, 0.25) is 0 Å². The molecule has 0 atom stereocenters. The zero-order valence-corrected chi connectivity index (χ0v) is 8.77. The van der Waals surface area contributed by atoms with E-state index in [0.29, 0.717) is 5.69 Å². The number of imidazole rings is 1. The van der Waals surface area contributed by atoms with Crippen molar-refractivity contribution in [3.8, 4) is 5.69 Å². The van der Waals surface area contributed by atoms with Crippen molar-refractivity contribution in [3.63, 3.8) is 0 Å². The molecule has 0 bridgehead atoms. The number of aryl methyl sites for hydroxylation is 1. The van der Waals surface area contributed by atoms with E-state index in [9.17, 15) is 4.79 Å². The van der Waals surface area contributed by atoms with Crippen LogP contribution < -0.4 is 0 Å². The standard InChI is InChI=1S/C12H12N2O/c1-9-4-3-5-11(6-9)14-7-12(10(2)15)13-8-14/h3-8H,1-2H3. The quantitative estimate of drug-likeness (QED) is 0.697. The van der Waals surface area contributed by atoms with Crippen molar-refractivity contribution in [2.75, 3.05) is 0 Å². The molecule has 1 aromatic heterocycles. The van der Waals surface area contributed by atoms with Gasteiger partial charge in [-0.2, -0.15) is 0 Å². The van der Waals surface area contributed by atoms with Gasteiger partial charge in [-0.05, 0) is 24.6 Å². The predicted molar refractivity (Wildman–Crippen MR) is 58.3 cm³/mol. The molecule has 0 aliphatic heterocycles. The Morgan fingerprint density at radius 2 is 2.20 bits per heavy atom. The lowest BCUT2D eigenvalue weighted by Crippen LogP contribution is -1.92. The van der Waals surface area contributed by atoms with Crippen LogP contribution in [0.1, 0.15) is 23.0 Å². The molecular weight excluding hydrogens is 188 g/mol. The SMILES string of the molecule is CC(=O)c1cn(-c2cccc(C)c2)cn1. The summed E-state index contributed by atoms with van der Waals surface area (Å²) in [5.74, 6) is -0.0126. The van der Waals surface area contributed by atoms with E-state index < -0.39 is 0 Å². The molecule has 0 unspecified atom stereocenters. The summed E-state index contributed by atoms with van der Waals surface area (Å²) in [4.78, 5) is 15.1. The normalized spacial score (nSPS) is 10.3. The number of Topliss-reactive ketones (excluding diaryl/α,β-unsaturated/α-hetero) is 1. The van der Waals surface area contributed by atoms with Crippen molar-refractivity contribution in [3.05, 3.63) is 48.0 Å². The molecule has 0 fully saturated rings. The van der Waals surface area contributed by atoms with Gasteiger partial charge >= 0.3 is 0 Å². The van der Waals surface area contributed by atoms with Crippen LogP contribution in [0, 0.1) is 6.92 Å². The number of rotatable bonds is 2. The summed E-state index contributed by atoms with van der Waals surface area (Å²) in [5.41, 5.74) is 2.71. The number of benzene rings is 1. The minimum Gasteiger partial charge on any atom is -0.306 e. The van der Waals surface area contributed by atoms with E-state index in [2.05, 4.69) is 4.98 Å². The molecule has 1 aromatic carbocycles. The third kappa shape index (κ3) is 1.96. The molecule has 0 aliphatic carbocycles. The highest BCUT2D eigenvalue weighted by atomic mass is 16.1. The lowest BCUT2D eigenvalue weighted by molar-refractivity contribution is 0.101. The number of carbonyl (C=O) groups is 1. The first-order valence-electron chi connectivity index (χ1n) is 4.79. The number of carbonyl (C=O) groups excluding carboxylic acids is 1. The molecule has 0 N–H and O–H groups in total. The number of nitrogens with zero attached hydrogens (tertiary/aromatic N) is 2. The van der Waals surface area contributed by atoms with E-state index in [4.69, 9.17) is 0 Å². The summed E-state index contributed by atoms with van der Waals surface area (Å²) in [6, 6.07) is 8.05. The average Bonchev–Trinajstić information content (AvgIpc) is 2.66. The fourth-order valence-electron chi connectivity index (χ4n) is 1.43. The molecule has 76 valence electrons. The molecule has 0 spiro atoms. The summed E-state index contributed by atoms with van der Waals surface area (Å²) in [5, 5.41) is 0. The Morgan fingerprint density at radius 3 is 2.80 bits per heavy atom. The lowest BCUT2D eigenvalue weighted by Gasteiger charge is -2.01. The second-order valence-corrected chi connectivity index (χ2v) is 3.56. The van der Waals surface area contributed by atoms with E-state index >= 15 is 0 Å². The predicted octanol–water partition coefficient (Wildman–Crippen LogP) is 2.38. The van der Waals surface area contributed by atoms with Crippen LogP contribution in [0.15, 0.2) is 36.8 Å². The second-order valence-electron chi connectivity index (χ2n) is 3.56. The van der Waals surface area contributed by atoms with Crippen LogP contribution >= 0.6 is 0 Å². The summed E-state index contributed by atoms with van der Waals surface area (Å²) in [6.45, 7) is 3.55. The van der Waals surface area contributed by atoms with Gasteiger partial charge in [-0.1, -0.05) is 12.1 Å². The number of hydrogen-bond donors (Lipinski definition) is 0. The van der Waals surface area contributed by atoms with Crippen LogP contribution in [0.3, 0.4) is 0 Å². The largest absolute Gasteiger partial charge is 0.306 e. The van der Waals surface area contributed by atoms with Gasteiger partial charge in [0.1, 0.15) is 12.0 Å². The van der Waals surface area contributed by atoms with Crippen molar-refractivity contribution in [2.24, 2.45) is 0 Å². The van der Waals surface area contributed by atoms with E-state index in [1.165, 1.54) is 12.5 Å². The molecule has 2 aromatic rings. The van der Waals surface area contributed by atoms with Crippen molar-refractivity contribution >= 4 is 5.78 Å². The zero-order chi connectivity index (χ0) is 10.8. The van der Waals surface area contributed by atoms with Crippen LogP contribution in [-0.4, -0.2) is 15.3 Å². The molecular formula is C12H12N2O. The maximum absolute atomic E-state index is 11.1. The van der Waals surface area contributed by atoms with Gasteiger partial charge in [0.15, 0.2) is 5.78 Å². The molecule has 1 heterocycles. The second kappa shape index (κ2) is 3.69. The van der Waals surface area contributed by atoms with E-state index in [0.717, 1.165) is 5.69 Å². The third-order valence-corrected chi connectivity index (χ3v) is 2.24. The monoisotopic (exact) mass is 200 g/mol. The van der Waals surface area contributed by atoms with Gasteiger partial charge in [0, 0.05) is 18.8 Å².